The van der Waals surface area contributed by atoms with Crippen LogP contribution in [0, 0.1) is 5.41 Å². The van der Waals surface area contributed by atoms with E-state index in [9.17, 15) is 5.11 Å². The second kappa shape index (κ2) is 2.82. The van der Waals surface area contributed by atoms with Gasteiger partial charge in [0.2, 0.25) is 0 Å². The van der Waals surface area contributed by atoms with Crippen LogP contribution in [-0.4, -0.2) is 5.11 Å². The van der Waals surface area contributed by atoms with Crippen LogP contribution in [0.25, 0.3) is 0 Å². The summed E-state index contributed by atoms with van der Waals surface area (Å²) < 4.78 is 1.12. The predicted octanol–water partition coefficient (Wildman–Crippen LogP) is 3.06. The number of fused-ring (bicyclic) bond motifs is 1. The zero-order valence-electron chi connectivity index (χ0n) is 7.84. The maximum Gasteiger partial charge on any atom is 0.0847 e. The molecule has 1 aromatic rings. The lowest BCUT2D eigenvalue weighted by molar-refractivity contribution is 0.0666. The molecule has 2 heteroatoms. The Morgan fingerprint density at radius 3 is 2.77 bits per heavy atom. The first-order chi connectivity index (χ1) is 6.02. The summed E-state index contributed by atoms with van der Waals surface area (Å²) in [5.41, 5.74) is 2.33. The number of halogens is 1. The molecule has 0 saturated heterocycles. The minimum atomic E-state index is -0.319. The minimum Gasteiger partial charge on any atom is -0.388 e. The second-order valence-corrected chi connectivity index (χ2v) is 5.23. The number of benzene rings is 1. The summed E-state index contributed by atoms with van der Waals surface area (Å²) in [6.07, 6.45) is 0.630. The number of hydrogen-bond donors (Lipinski definition) is 1. The monoisotopic (exact) mass is 240 g/mol. The molecule has 1 aliphatic carbocycles. The maximum absolute atomic E-state index is 10.0. The van der Waals surface area contributed by atoms with Gasteiger partial charge in [-0.3, -0.25) is 0 Å². The standard InChI is InChI=1S/C11H13BrO/c1-11(2)6-8-7(10(11)13)4-3-5-9(8)12/h3-5,10,13H,6H2,1-2H3. The van der Waals surface area contributed by atoms with Crippen molar-refractivity contribution in [1.29, 1.82) is 0 Å². The molecule has 0 fully saturated rings. The lowest BCUT2D eigenvalue weighted by Crippen LogP contribution is -2.16. The van der Waals surface area contributed by atoms with Crippen molar-refractivity contribution < 1.29 is 5.11 Å². The average molecular weight is 241 g/mol. The summed E-state index contributed by atoms with van der Waals surface area (Å²) in [5, 5.41) is 10.0. The van der Waals surface area contributed by atoms with Gasteiger partial charge in [-0.15, -0.1) is 0 Å². The Hall–Kier alpha value is -0.340. The van der Waals surface area contributed by atoms with E-state index < -0.39 is 0 Å². The zero-order chi connectivity index (χ0) is 9.64. The molecule has 0 saturated carbocycles. The number of rotatable bonds is 0. The molecule has 0 aliphatic heterocycles. The van der Waals surface area contributed by atoms with Gasteiger partial charge in [0, 0.05) is 4.47 Å². The first-order valence-corrected chi connectivity index (χ1v) is 5.27. The highest BCUT2D eigenvalue weighted by molar-refractivity contribution is 9.10. The van der Waals surface area contributed by atoms with Gasteiger partial charge in [-0.25, -0.2) is 0 Å². The summed E-state index contributed by atoms with van der Waals surface area (Å²) in [6.45, 7) is 4.20. The molecule has 0 amide bonds. The molecule has 0 spiro atoms. The number of aliphatic hydroxyl groups is 1. The van der Waals surface area contributed by atoms with Crippen LogP contribution in [0.15, 0.2) is 22.7 Å². The molecule has 1 aliphatic rings. The third kappa shape index (κ3) is 1.32. The van der Waals surface area contributed by atoms with Gasteiger partial charge in [-0.2, -0.15) is 0 Å². The van der Waals surface area contributed by atoms with Crippen LogP contribution in [0.4, 0.5) is 0 Å². The van der Waals surface area contributed by atoms with Crippen LogP contribution in [0.2, 0.25) is 0 Å². The van der Waals surface area contributed by atoms with E-state index in [1.807, 2.05) is 18.2 Å². The van der Waals surface area contributed by atoms with Gasteiger partial charge in [-0.1, -0.05) is 41.9 Å². The van der Waals surface area contributed by atoms with Gasteiger partial charge in [0.15, 0.2) is 0 Å². The Labute approximate surface area is 86.9 Å². The van der Waals surface area contributed by atoms with Gasteiger partial charge in [0.1, 0.15) is 0 Å². The molecule has 1 N–H and O–H groups in total. The Bertz CT molecular complexity index is 344. The summed E-state index contributed by atoms with van der Waals surface area (Å²) in [5.74, 6) is 0. The van der Waals surface area contributed by atoms with E-state index in [-0.39, 0.29) is 11.5 Å². The molecule has 0 radical (unpaired) electrons. The number of aliphatic hydroxyl groups excluding tert-OH is 1. The molecule has 1 nitrogen and oxygen atoms in total. The predicted molar refractivity (Wildman–Crippen MR) is 56.6 cm³/mol. The third-order valence-corrected chi connectivity index (χ3v) is 3.57. The van der Waals surface area contributed by atoms with Crippen molar-refractivity contribution in [3.63, 3.8) is 0 Å². The number of hydrogen-bond acceptors (Lipinski definition) is 1. The van der Waals surface area contributed by atoms with E-state index in [0.717, 1.165) is 16.5 Å². The fourth-order valence-electron chi connectivity index (χ4n) is 1.99. The molecular formula is C11H13BrO. The van der Waals surface area contributed by atoms with E-state index in [0.29, 0.717) is 0 Å². The maximum atomic E-state index is 10.0. The van der Waals surface area contributed by atoms with Crippen molar-refractivity contribution in [3.8, 4) is 0 Å². The van der Waals surface area contributed by atoms with Crippen LogP contribution in [0.5, 0.6) is 0 Å². The van der Waals surface area contributed by atoms with Crippen molar-refractivity contribution in [2.45, 2.75) is 26.4 Å². The fourth-order valence-corrected chi connectivity index (χ4v) is 2.51. The molecule has 1 unspecified atom stereocenters. The highest BCUT2D eigenvalue weighted by Gasteiger charge is 2.38. The highest BCUT2D eigenvalue weighted by Crippen LogP contribution is 2.46. The average Bonchev–Trinajstić information content (AvgIpc) is 2.28. The van der Waals surface area contributed by atoms with Crippen molar-refractivity contribution >= 4 is 15.9 Å². The molecule has 0 aromatic heterocycles. The fraction of sp³-hybridized carbons (Fsp3) is 0.455. The Kier molecular flexibility index (Phi) is 2.00. The lowest BCUT2D eigenvalue weighted by Gasteiger charge is -2.22. The quantitative estimate of drug-likeness (QED) is 0.740. The van der Waals surface area contributed by atoms with Crippen LogP contribution < -0.4 is 0 Å². The first kappa shape index (κ1) is 9.22. The van der Waals surface area contributed by atoms with Crippen LogP contribution in [0.3, 0.4) is 0 Å². The molecular weight excluding hydrogens is 228 g/mol. The van der Waals surface area contributed by atoms with Gasteiger partial charge in [0.25, 0.3) is 0 Å². The zero-order valence-corrected chi connectivity index (χ0v) is 9.43. The lowest BCUT2D eigenvalue weighted by atomic mass is 9.88. The van der Waals surface area contributed by atoms with Gasteiger partial charge in [0.05, 0.1) is 6.10 Å². The van der Waals surface area contributed by atoms with Crippen LogP contribution >= 0.6 is 15.9 Å². The SMILES string of the molecule is CC1(C)Cc2c(Br)cccc2C1O. The molecule has 70 valence electrons. The van der Waals surface area contributed by atoms with Crippen LogP contribution in [-0.2, 0) is 6.42 Å². The smallest absolute Gasteiger partial charge is 0.0847 e. The summed E-state index contributed by atoms with van der Waals surface area (Å²) in [7, 11) is 0. The Morgan fingerprint density at radius 2 is 2.15 bits per heavy atom. The summed E-state index contributed by atoms with van der Waals surface area (Å²) >= 11 is 3.52. The molecule has 0 bridgehead atoms. The largest absolute Gasteiger partial charge is 0.388 e. The Balaban J connectivity index is 2.56. The van der Waals surface area contributed by atoms with E-state index in [1.54, 1.807) is 0 Å². The summed E-state index contributed by atoms with van der Waals surface area (Å²) in [6, 6.07) is 6.03. The summed E-state index contributed by atoms with van der Waals surface area (Å²) in [4.78, 5) is 0. The molecule has 0 heterocycles. The first-order valence-electron chi connectivity index (χ1n) is 4.48. The molecule has 2 rings (SSSR count). The Morgan fingerprint density at radius 1 is 1.46 bits per heavy atom. The van der Waals surface area contributed by atoms with Gasteiger partial charge in [-0.05, 0) is 29.0 Å². The second-order valence-electron chi connectivity index (χ2n) is 4.38. The minimum absolute atomic E-state index is 0.0216. The topological polar surface area (TPSA) is 20.2 Å². The van der Waals surface area contributed by atoms with E-state index in [4.69, 9.17) is 0 Å². The highest BCUT2D eigenvalue weighted by atomic mass is 79.9. The van der Waals surface area contributed by atoms with Crippen molar-refractivity contribution in [2.24, 2.45) is 5.41 Å². The van der Waals surface area contributed by atoms with E-state index >= 15 is 0 Å². The normalized spacial score (nSPS) is 24.5. The van der Waals surface area contributed by atoms with Gasteiger partial charge < -0.3 is 5.11 Å². The van der Waals surface area contributed by atoms with Crippen LogP contribution in [0.1, 0.15) is 31.1 Å². The van der Waals surface area contributed by atoms with E-state index in [2.05, 4.69) is 29.8 Å². The van der Waals surface area contributed by atoms with Crippen molar-refractivity contribution in [3.05, 3.63) is 33.8 Å². The van der Waals surface area contributed by atoms with Gasteiger partial charge >= 0.3 is 0 Å². The van der Waals surface area contributed by atoms with Crippen molar-refractivity contribution in [2.75, 3.05) is 0 Å². The third-order valence-electron chi connectivity index (χ3n) is 2.82. The molecule has 1 aromatic carbocycles. The molecule has 13 heavy (non-hydrogen) atoms. The molecule has 1 atom stereocenters. The van der Waals surface area contributed by atoms with E-state index in [1.165, 1.54) is 5.56 Å². The van der Waals surface area contributed by atoms with Crippen molar-refractivity contribution in [1.82, 2.24) is 0 Å².